The molecular weight excluding hydrogens is 344 g/mol. The first kappa shape index (κ1) is 14.9. The molecule has 2 rings (SSSR count). The maximum atomic E-state index is 11.2. The van der Waals surface area contributed by atoms with Crippen molar-refractivity contribution in [3.63, 3.8) is 0 Å². The van der Waals surface area contributed by atoms with E-state index in [0.29, 0.717) is 10.8 Å². The summed E-state index contributed by atoms with van der Waals surface area (Å²) in [5, 5.41) is 9.53. The van der Waals surface area contributed by atoms with Gasteiger partial charge in [0.15, 0.2) is 0 Å². The molecule has 2 aromatic rings. The van der Waals surface area contributed by atoms with Crippen molar-refractivity contribution in [2.75, 3.05) is 0 Å². The van der Waals surface area contributed by atoms with Gasteiger partial charge in [-0.05, 0) is 55.3 Å². The van der Waals surface area contributed by atoms with Crippen molar-refractivity contribution < 1.29 is 14.6 Å². The number of aromatic carboxylic acids is 1. The highest BCUT2D eigenvalue weighted by Gasteiger charge is 2.13. The van der Waals surface area contributed by atoms with Crippen LogP contribution in [0.25, 0.3) is 0 Å². The van der Waals surface area contributed by atoms with Crippen LogP contribution in [0, 0.1) is 13.8 Å². The lowest BCUT2D eigenvalue weighted by atomic mass is 10.1. The number of hydrogen-bond donors (Lipinski definition) is 1. The lowest BCUT2D eigenvalue weighted by Crippen LogP contribution is -2.00. The molecule has 0 fully saturated rings. The molecule has 0 amide bonds. The lowest BCUT2D eigenvalue weighted by molar-refractivity contribution is 0.0694. The van der Waals surface area contributed by atoms with Crippen LogP contribution in [0.2, 0.25) is 5.02 Å². The van der Waals surface area contributed by atoms with E-state index in [1.165, 1.54) is 6.07 Å². The Morgan fingerprint density at radius 3 is 2.35 bits per heavy atom. The van der Waals surface area contributed by atoms with Gasteiger partial charge in [0.05, 0.1) is 0 Å². The maximum Gasteiger partial charge on any atom is 0.339 e. The molecule has 3 nitrogen and oxygen atoms in total. The fourth-order valence-corrected chi connectivity index (χ4v) is 2.25. The maximum absolute atomic E-state index is 11.2. The number of carboxylic acid groups (broad SMARTS) is 1. The summed E-state index contributed by atoms with van der Waals surface area (Å²) < 4.78 is 6.70. The van der Waals surface area contributed by atoms with Crippen molar-refractivity contribution in [2.45, 2.75) is 13.8 Å². The highest BCUT2D eigenvalue weighted by atomic mass is 79.9. The third-order valence-electron chi connectivity index (χ3n) is 2.81. The van der Waals surface area contributed by atoms with Gasteiger partial charge in [-0.15, -0.1) is 0 Å². The van der Waals surface area contributed by atoms with E-state index >= 15 is 0 Å². The Balaban J connectivity index is 2.42. The summed E-state index contributed by atoms with van der Waals surface area (Å²) in [5.41, 5.74) is 2.08. The third kappa shape index (κ3) is 3.14. The second kappa shape index (κ2) is 5.85. The van der Waals surface area contributed by atoms with Gasteiger partial charge >= 0.3 is 5.97 Å². The minimum absolute atomic E-state index is 0.0377. The smallest absolute Gasteiger partial charge is 0.339 e. The minimum Gasteiger partial charge on any atom is -0.478 e. The topological polar surface area (TPSA) is 46.5 Å². The Bertz CT molecular complexity index is 660. The van der Waals surface area contributed by atoms with Gasteiger partial charge in [0.1, 0.15) is 17.1 Å². The number of rotatable bonds is 3. The molecule has 104 valence electrons. The molecule has 5 heteroatoms. The average molecular weight is 356 g/mol. The number of hydrogen-bond acceptors (Lipinski definition) is 2. The second-order valence-corrected chi connectivity index (χ2v) is 5.65. The lowest BCUT2D eigenvalue weighted by Gasteiger charge is -2.12. The van der Waals surface area contributed by atoms with Gasteiger partial charge in [0.25, 0.3) is 0 Å². The highest BCUT2D eigenvalue weighted by Crippen LogP contribution is 2.32. The minimum atomic E-state index is -1.08. The molecule has 0 aliphatic carbocycles. The van der Waals surface area contributed by atoms with Crippen molar-refractivity contribution in [1.82, 2.24) is 0 Å². The fraction of sp³-hybridized carbons (Fsp3) is 0.133. The van der Waals surface area contributed by atoms with Gasteiger partial charge < -0.3 is 9.84 Å². The summed E-state index contributed by atoms with van der Waals surface area (Å²) >= 11 is 9.29. The zero-order chi connectivity index (χ0) is 14.9. The number of carbonyl (C=O) groups is 1. The Labute approximate surface area is 130 Å². The number of benzene rings is 2. The monoisotopic (exact) mass is 354 g/mol. The van der Waals surface area contributed by atoms with Gasteiger partial charge in [0.2, 0.25) is 0 Å². The Kier molecular flexibility index (Phi) is 4.35. The molecule has 0 aromatic heterocycles. The summed E-state index contributed by atoms with van der Waals surface area (Å²) in [4.78, 5) is 11.2. The van der Waals surface area contributed by atoms with E-state index in [1.54, 1.807) is 12.1 Å². The molecule has 20 heavy (non-hydrogen) atoms. The molecule has 0 radical (unpaired) electrons. The van der Waals surface area contributed by atoms with Crippen LogP contribution in [-0.2, 0) is 0 Å². The predicted molar refractivity (Wildman–Crippen MR) is 82.1 cm³/mol. The summed E-state index contributed by atoms with van der Waals surface area (Å²) in [6.45, 7) is 3.90. The third-order valence-corrected chi connectivity index (χ3v) is 4.30. The number of aryl methyl sites for hydroxylation is 2. The van der Waals surface area contributed by atoms with Crippen LogP contribution in [0.15, 0.2) is 34.8 Å². The quantitative estimate of drug-likeness (QED) is 0.822. The highest BCUT2D eigenvalue weighted by molar-refractivity contribution is 9.10. The molecule has 0 unspecified atom stereocenters. The van der Waals surface area contributed by atoms with Crippen LogP contribution < -0.4 is 4.74 Å². The van der Waals surface area contributed by atoms with Crippen LogP contribution in [0.5, 0.6) is 11.5 Å². The van der Waals surface area contributed by atoms with Gasteiger partial charge in [-0.25, -0.2) is 4.79 Å². The van der Waals surface area contributed by atoms with Gasteiger partial charge in [0, 0.05) is 9.50 Å². The Hall–Kier alpha value is -1.52. The Morgan fingerprint density at radius 2 is 1.80 bits per heavy atom. The number of halogens is 2. The molecule has 0 aliphatic rings. The van der Waals surface area contributed by atoms with E-state index in [1.807, 2.05) is 26.0 Å². The summed E-state index contributed by atoms with van der Waals surface area (Å²) in [5.74, 6) is -0.218. The molecule has 0 atom stereocenters. The molecule has 2 aromatic carbocycles. The molecule has 0 aliphatic heterocycles. The first-order valence-electron chi connectivity index (χ1n) is 5.86. The molecule has 0 saturated carbocycles. The summed E-state index contributed by atoms with van der Waals surface area (Å²) in [6, 6.07) is 8.22. The van der Waals surface area contributed by atoms with Crippen LogP contribution in [0.3, 0.4) is 0 Å². The van der Waals surface area contributed by atoms with E-state index in [9.17, 15) is 9.90 Å². The van der Waals surface area contributed by atoms with E-state index in [-0.39, 0.29) is 11.3 Å². The van der Waals surface area contributed by atoms with E-state index in [4.69, 9.17) is 16.3 Å². The SMILES string of the molecule is Cc1cc(Oc2ccc(Cl)cc2C(=O)O)cc(C)c1Br. The van der Waals surface area contributed by atoms with Crippen LogP contribution in [0.4, 0.5) is 0 Å². The van der Waals surface area contributed by atoms with Crippen LogP contribution in [0.1, 0.15) is 21.5 Å². The van der Waals surface area contributed by atoms with Gasteiger partial charge in [-0.2, -0.15) is 0 Å². The summed E-state index contributed by atoms with van der Waals surface area (Å²) in [7, 11) is 0. The number of ether oxygens (including phenoxy) is 1. The molecule has 0 saturated heterocycles. The second-order valence-electron chi connectivity index (χ2n) is 4.42. The molecular formula is C15H12BrClO3. The van der Waals surface area contributed by atoms with E-state index < -0.39 is 5.97 Å². The Morgan fingerprint density at radius 1 is 1.20 bits per heavy atom. The average Bonchev–Trinajstić information content (AvgIpc) is 2.37. The number of carboxylic acids is 1. The van der Waals surface area contributed by atoms with Crippen molar-refractivity contribution in [3.8, 4) is 11.5 Å². The molecule has 1 N–H and O–H groups in total. The first-order chi connectivity index (χ1) is 9.38. The van der Waals surface area contributed by atoms with E-state index in [0.717, 1.165) is 15.6 Å². The predicted octanol–water partition coefficient (Wildman–Crippen LogP) is 5.21. The summed E-state index contributed by atoms with van der Waals surface area (Å²) in [6.07, 6.45) is 0. The van der Waals surface area contributed by atoms with Crippen molar-refractivity contribution in [3.05, 3.63) is 56.5 Å². The normalized spacial score (nSPS) is 10.4. The molecule has 0 heterocycles. The molecule has 0 bridgehead atoms. The van der Waals surface area contributed by atoms with Crippen LogP contribution in [-0.4, -0.2) is 11.1 Å². The van der Waals surface area contributed by atoms with Gasteiger partial charge in [-0.1, -0.05) is 27.5 Å². The van der Waals surface area contributed by atoms with Crippen LogP contribution >= 0.6 is 27.5 Å². The molecule has 0 spiro atoms. The van der Waals surface area contributed by atoms with E-state index in [2.05, 4.69) is 15.9 Å². The van der Waals surface area contributed by atoms with Crippen molar-refractivity contribution in [2.24, 2.45) is 0 Å². The van der Waals surface area contributed by atoms with Crippen molar-refractivity contribution in [1.29, 1.82) is 0 Å². The fourth-order valence-electron chi connectivity index (χ4n) is 1.85. The first-order valence-corrected chi connectivity index (χ1v) is 7.03. The largest absolute Gasteiger partial charge is 0.478 e. The zero-order valence-corrected chi connectivity index (χ0v) is 13.2. The zero-order valence-electron chi connectivity index (χ0n) is 10.9. The van der Waals surface area contributed by atoms with Crippen molar-refractivity contribution >= 4 is 33.5 Å². The standard InChI is InChI=1S/C15H12BrClO3/c1-8-5-11(6-9(2)14(8)16)20-13-4-3-10(17)7-12(13)15(18)19/h3-7H,1-2H3,(H,18,19). The van der Waals surface area contributed by atoms with Gasteiger partial charge in [-0.3, -0.25) is 0 Å².